The predicted octanol–water partition coefficient (Wildman–Crippen LogP) is 2.72. The molecule has 0 saturated carbocycles. The summed E-state index contributed by atoms with van der Waals surface area (Å²) < 4.78 is 5.34. The summed E-state index contributed by atoms with van der Waals surface area (Å²) >= 11 is 11.6. The van der Waals surface area contributed by atoms with Gasteiger partial charge in [-0.25, -0.2) is 0 Å². The Morgan fingerprint density at radius 2 is 2.15 bits per heavy atom. The first-order valence-electron chi connectivity index (χ1n) is 3.93. The van der Waals surface area contributed by atoms with Crippen LogP contribution in [0.3, 0.4) is 0 Å². The van der Waals surface area contributed by atoms with E-state index in [1.165, 1.54) is 0 Å². The summed E-state index contributed by atoms with van der Waals surface area (Å²) in [5, 5.41) is 1.15. The molecule has 0 aliphatic carbocycles. The quantitative estimate of drug-likeness (QED) is 0.849. The molecule has 1 unspecified atom stereocenters. The third-order valence-electron chi connectivity index (χ3n) is 1.39. The van der Waals surface area contributed by atoms with E-state index in [0.717, 1.165) is 0 Å². The van der Waals surface area contributed by atoms with E-state index < -0.39 is 0 Å². The molecule has 0 radical (unpaired) electrons. The zero-order valence-corrected chi connectivity index (χ0v) is 8.77. The second-order valence-corrected chi connectivity index (χ2v) is 3.71. The Bertz CT molecular complexity index is 289. The SMILES string of the molecule is CC(N)COc1cc(Cl)ccc1Cl. The van der Waals surface area contributed by atoms with E-state index in [4.69, 9.17) is 33.7 Å². The molecule has 0 aromatic heterocycles. The van der Waals surface area contributed by atoms with Crippen molar-refractivity contribution >= 4 is 23.2 Å². The van der Waals surface area contributed by atoms with Gasteiger partial charge in [0.05, 0.1) is 5.02 Å². The highest BCUT2D eigenvalue weighted by Gasteiger charge is 2.03. The monoisotopic (exact) mass is 219 g/mol. The highest BCUT2D eigenvalue weighted by atomic mass is 35.5. The molecule has 1 rings (SSSR count). The normalized spacial score (nSPS) is 12.6. The van der Waals surface area contributed by atoms with Crippen LogP contribution in [0.4, 0.5) is 0 Å². The summed E-state index contributed by atoms with van der Waals surface area (Å²) in [6, 6.07) is 5.06. The molecule has 0 bridgehead atoms. The number of nitrogens with two attached hydrogens (primary N) is 1. The van der Waals surface area contributed by atoms with Gasteiger partial charge in [-0.15, -0.1) is 0 Å². The largest absolute Gasteiger partial charge is 0.490 e. The average Bonchev–Trinajstić information content (AvgIpc) is 2.06. The molecule has 0 heterocycles. The zero-order chi connectivity index (χ0) is 9.84. The Labute approximate surface area is 87.6 Å². The molecule has 0 aliphatic rings. The summed E-state index contributed by atoms with van der Waals surface area (Å²) in [7, 11) is 0. The molecule has 0 fully saturated rings. The average molecular weight is 220 g/mol. The van der Waals surface area contributed by atoms with Gasteiger partial charge in [0, 0.05) is 17.1 Å². The molecular weight excluding hydrogens is 209 g/mol. The summed E-state index contributed by atoms with van der Waals surface area (Å²) in [4.78, 5) is 0. The highest BCUT2D eigenvalue weighted by molar-refractivity contribution is 6.34. The van der Waals surface area contributed by atoms with Crippen molar-refractivity contribution in [3.8, 4) is 5.75 Å². The van der Waals surface area contributed by atoms with Crippen LogP contribution in [-0.4, -0.2) is 12.6 Å². The van der Waals surface area contributed by atoms with Crippen LogP contribution in [0, 0.1) is 0 Å². The first kappa shape index (κ1) is 10.6. The third kappa shape index (κ3) is 3.43. The van der Waals surface area contributed by atoms with Crippen LogP contribution in [0.25, 0.3) is 0 Å². The van der Waals surface area contributed by atoms with Gasteiger partial charge < -0.3 is 10.5 Å². The molecule has 1 atom stereocenters. The van der Waals surface area contributed by atoms with Gasteiger partial charge >= 0.3 is 0 Å². The molecule has 72 valence electrons. The number of hydrogen-bond acceptors (Lipinski definition) is 2. The maximum absolute atomic E-state index is 5.86. The second-order valence-electron chi connectivity index (χ2n) is 2.86. The molecule has 0 amide bonds. The van der Waals surface area contributed by atoms with Gasteiger partial charge in [-0.05, 0) is 19.1 Å². The fraction of sp³-hybridized carbons (Fsp3) is 0.333. The number of hydrogen-bond donors (Lipinski definition) is 1. The molecule has 0 spiro atoms. The van der Waals surface area contributed by atoms with Gasteiger partial charge in [0.15, 0.2) is 0 Å². The van der Waals surface area contributed by atoms with Gasteiger partial charge in [0.1, 0.15) is 12.4 Å². The van der Waals surface area contributed by atoms with Crippen LogP contribution >= 0.6 is 23.2 Å². The fourth-order valence-electron chi connectivity index (χ4n) is 0.809. The minimum atomic E-state index is -0.0185. The Hall–Kier alpha value is -0.440. The molecule has 13 heavy (non-hydrogen) atoms. The lowest BCUT2D eigenvalue weighted by molar-refractivity contribution is 0.296. The summed E-state index contributed by atoms with van der Waals surface area (Å²) in [5.74, 6) is 0.575. The molecule has 4 heteroatoms. The fourth-order valence-corrected chi connectivity index (χ4v) is 1.14. The number of ether oxygens (including phenoxy) is 1. The van der Waals surface area contributed by atoms with E-state index in [-0.39, 0.29) is 6.04 Å². The summed E-state index contributed by atoms with van der Waals surface area (Å²) in [6.07, 6.45) is 0. The lowest BCUT2D eigenvalue weighted by Gasteiger charge is -2.10. The lowest BCUT2D eigenvalue weighted by atomic mass is 10.3. The minimum absolute atomic E-state index is 0.0185. The van der Waals surface area contributed by atoms with Crippen LogP contribution in [0.5, 0.6) is 5.75 Å². The number of rotatable bonds is 3. The highest BCUT2D eigenvalue weighted by Crippen LogP contribution is 2.27. The topological polar surface area (TPSA) is 35.2 Å². The van der Waals surface area contributed by atoms with E-state index in [1.807, 2.05) is 6.92 Å². The van der Waals surface area contributed by atoms with Crippen molar-refractivity contribution in [3.05, 3.63) is 28.2 Å². The molecule has 0 saturated heterocycles. The Kier molecular flexibility index (Phi) is 3.85. The molecular formula is C9H11Cl2NO. The molecule has 2 nitrogen and oxygen atoms in total. The van der Waals surface area contributed by atoms with Gasteiger partial charge in [-0.2, -0.15) is 0 Å². The molecule has 2 N–H and O–H groups in total. The zero-order valence-electron chi connectivity index (χ0n) is 7.26. The van der Waals surface area contributed by atoms with Crippen molar-refractivity contribution in [2.75, 3.05) is 6.61 Å². The number of benzene rings is 1. The van der Waals surface area contributed by atoms with Gasteiger partial charge in [-0.3, -0.25) is 0 Å². The molecule has 0 aliphatic heterocycles. The first-order chi connectivity index (χ1) is 6.09. The van der Waals surface area contributed by atoms with Crippen LogP contribution in [0.1, 0.15) is 6.92 Å². The van der Waals surface area contributed by atoms with E-state index in [1.54, 1.807) is 18.2 Å². The van der Waals surface area contributed by atoms with Crippen molar-refractivity contribution in [2.45, 2.75) is 13.0 Å². The van der Waals surface area contributed by atoms with Gasteiger partial charge in [-0.1, -0.05) is 23.2 Å². The van der Waals surface area contributed by atoms with Crippen LogP contribution < -0.4 is 10.5 Å². The second kappa shape index (κ2) is 4.70. The standard InChI is InChI=1S/C9H11Cl2NO/c1-6(12)5-13-9-4-7(10)2-3-8(9)11/h2-4,6H,5,12H2,1H3. The van der Waals surface area contributed by atoms with Crippen molar-refractivity contribution < 1.29 is 4.74 Å². The minimum Gasteiger partial charge on any atom is -0.490 e. The molecule has 1 aromatic rings. The summed E-state index contributed by atoms with van der Waals surface area (Å²) in [6.45, 7) is 2.29. The maximum atomic E-state index is 5.86. The lowest BCUT2D eigenvalue weighted by Crippen LogP contribution is -2.23. The van der Waals surface area contributed by atoms with Crippen molar-refractivity contribution in [1.29, 1.82) is 0 Å². The van der Waals surface area contributed by atoms with E-state index in [2.05, 4.69) is 0 Å². The Balaban J connectivity index is 2.70. The van der Waals surface area contributed by atoms with Crippen molar-refractivity contribution in [2.24, 2.45) is 5.73 Å². The Morgan fingerprint density at radius 1 is 1.46 bits per heavy atom. The van der Waals surface area contributed by atoms with E-state index >= 15 is 0 Å². The van der Waals surface area contributed by atoms with Gasteiger partial charge in [0.2, 0.25) is 0 Å². The predicted molar refractivity (Wildman–Crippen MR) is 55.6 cm³/mol. The van der Waals surface area contributed by atoms with Crippen LogP contribution in [0.2, 0.25) is 10.0 Å². The van der Waals surface area contributed by atoms with Crippen molar-refractivity contribution in [3.63, 3.8) is 0 Å². The van der Waals surface area contributed by atoms with E-state index in [0.29, 0.717) is 22.4 Å². The Morgan fingerprint density at radius 3 is 2.77 bits per heavy atom. The first-order valence-corrected chi connectivity index (χ1v) is 4.68. The number of halogens is 2. The summed E-state index contributed by atoms with van der Waals surface area (Å²) in [5.41, 5.74) is 5.53. The smallest absolute Gasteiger partial charge is 0.139 e. The van der Waals surface area contributed by atoms with Gasteiger partial charge in [0.25, 0.3) is 0 Å². The molecule has 1 aromatic carbocycles. The third-order valence-corrected chi connectivity index (χ3v) is 1.94. The van der Waals surface area contributed by atoms with Crippen LogP contribution in [-0.2, 0) is 0 Å². The van der Waals surface area contributed by atoms with E-state index in [9.17, 15) is 0 Å². The van der Waals surface area contributed by atoms with Crippen molar-refractivity contribution in [1.82, 2.24) is 0 Å². The van der Waals surface area contributed by atoms with Crippen LogP contribution in [0.15, 0.2) is 18.2 Å². The maximum Gasteiger partial charge on any atom is 0.139 e.